The zero-order valence-electron chi connectivity index (χ0n) is 13.8. The van der Waals surface area contributed by atoms with E-state index in [0.29, 0.717) is 13.0 Å². The normalized spacial score (nSPS) is 16.9. The first-order valence-electron chi connectivity index (χ1n) is 8.42. The largest absolute Gasteiger partial charge is 0.353 e. The van der Waals surface area contributed by atoms with Gasteiger partial charge in [0.05, 0.1) is 0 Å². The summed E-state index contributed by atoms with van der Waals surface area (Å²) in [5.41, 5.74) is 6.70. The number of nitrogens with zero attached hydrogens (tertiary/aromatic N) is 1. The summed E-state index contributed by atoms with van der Waals surface area (Å²) in [6, 6.07) is 10.2. The number of nitrogens with two attached hydrogens (primary N) is 1. The third-order valence-electron chi connectivity index (χ3n) is 4.47. The Kier molecular flexibility index (Phi) is 6.59. The molecule has 2 amide bonds. The molecule has 5 heteroatoms. The summed E-state index contributed by atoms with van der Waals surface area (Å²) in [5.74, 6) is 0.0656. The van der Waals surface area contributed by atoms with Crippen molar-refractivity contribution in [3.05, 3.63) is 35.9 Å². The molecule has 3 N–H and O–H groups in total. The Bertz CT molecular complexity index is 510. The Morgan fingerprint density at radius 2 is 1.91 bits per heavy atom. The van der Waals surface area contributed by atoms with Gasteiger partial charge in [0.15, 0.2) is 0 Å². The Morgan fingerprint density at radius 1 is 1.26 bits per heavy atom. The highest BCUT2D eigenvalue weighted by molar-refractivity contribution is 5.79. The van der Waals surface area contributed by atoms with Crippen LogP contribution in [0.4, 0.5) is 0 Å². The van der Waals surface area contributed by atoms with E-state index in [4.69, 9.17) is 5.73 Å². The van der Waals surface area contributed by atoms with Crippen molar-refractivity contribution in [2.45, 2.75) is 38.6 Å². The average molecular weight is 317 g/mol. The van der Waals surface area contributed by atoms with Gasteiger partial charge >= 0.3 is 0 Å². The number of benzene rings is 1. The van der Waals surface area contributed by atoms with Gasteiger partial charge < -0.3 is 16.0 Å². The number of aryl methyl sites for hydroxylation is 1. The van der Waals surface area contributed by atoms with E-state index < -0.39 is 0 Å². The van der Waals surface area contributed by atoms with Crippen molar-refractivity contribution < 1.29 is 9.59 Å². The predicted molar refractivity (Wildman–Crippen MR) is 90.7 cm³/mol. The molecule has 1 heterocycles. The topological polar surface area (TPSA) is 75.4 Å². The van der Waals surface area contributed by atoms with Crippen molar-refractivity contribution in [1.29, 1.82) is 0 Å². The number of likely N-dealkylation sites (tertiary alicyclic amines) is 1. The summed E-state index contributed by atoms with van der Waals surface area (Å²) in [6.45, 7) is 3.63. The molecule has 2 rings (SSSR count). The highest BCUT2D eigenvalue weighted by atomic mass is 16.2. The smallest absolute Gasteiger partial charge is 0.224 e. The second kappa shape index (κ2) is 8.67. The summed E-state index contributed by atoms with van der Waals surface area (Å²) in [5, 5.41) is 3.03. The Balaban J connectivity index is 1.71. The molecule has 126 valence electrons. The minimum absolute atomic E-state index is 0.0151. The van der Waals surface area contributed by atoms with Crippen LogP contribution in [0.15, 0.2) is 30.3 Å². The highest BCUT2D eigenvalue weighted by Crippen LogP contribution is 2.13. The number of piperidine rings is 1. The van der Waals surface area contributed by atoms with E-state index in [2.05, 4.69) is 5.32 Å². The van der Waals surface area contributed by atoms with Gasteiger partial charge in [-0.15, -0.1) is 0 Å². The van der Waals surface area contributed by atoms with Gasteiger partial charge in [0.25, 0.3) is 0 Å². The molecule has 1 aliphatic rings. The molecule has 0 aromatic heterocycles. The van der Waals surface area contributed by atoms with Crippen LogP contribution in [0.25, 0.3) is 0 Å². The average Bonchev–Trinajstić information content (AvgIpc) is 2.60. The van der Waals surface area contributed by atoms with Crippen LogP contribution >= 0.6 is 0 Å². The second-order valence-electron chi connectivity index (χ2n) is 6.29. The first kappa shape index (κ1) is 17.5. The SMILES string of the molecule is CC(CN)C(=O)NC1CCN(C(=O)CCc2ccccc2)CC1. The number of rotatable bonds is 6. The quantitative estimate of drug-likeness (QED) is 0.831. The Morgan fingerprint density at radius 3 is 2.52 bits per heavy atom. The van der Waals surface area contributed by atoms with E-state index >= 15 is 0 Å². The lowest BCUT2D eigenvalue weighted by Crippen LogP contribution is -2.48. The molecule has 0 aliphatic carbocycles. The maximum Gasteiger partial charge on any atom is 0.224 e. The van der Waals surface area contributed by atoms with Crippen LogP contribution in [0.5, 0.6) is 0 Å². The standard InChI is InChI=1S/C18H27N3O2/c1-14(13-19)18(23)20-16-9-11-21(12-10-16)17(22)8-7-15-5-3-2-4-6-15/h2-6,14,16H,7-13,19H2,1H3,(H,20,23). The van der Waals surface area contributed by atoms with Crippen LogP contribution in [0, 0.1) is 5.92 Å². The number of hydrogen-bond donors (Lipinski definition) is 2. The molecular weight excluding hydrogens is 290 g/mol. The fourth-order valence-electron chi connectivity index (χ4n) is 2.78. The van der Waals surface area contributed by atoms with E-state index in [-0.39, 0.29) is 23.8 Å². The Hall–Kier alpha value is -1.88. The minimum Gasteiger partial charge on any atom is -0.353 e. The first-order valence-corrected chi connectivity index (χ1v) is 8.42. The van der Waals surface area contributed by atoms with E-state index in [1.54, 1.807) is 0 Å². The van der Waals surface area contributed by atoms with Crippen LogP contribution in [0.2, 0.25) is 0 Å². The van der Waals surface area contributed by atoms with E-state index in [1.807, 2.05) is 42.2 Å². The van der Waals surface area contributed by atoms with Crippen LogP contribution in [0.3, 0.4) is 0 Å². The molecule has 0 saturated carbocycles. The number of nitrogens with one attached hydrogen (secondary N) is 1. The Labute approximate surface area is 138 Å². The second-order valence-corrected chi connectivity index (χ2v) is 6.29. The minimum atomic E-state index is -0.152. The predicted octanol–water partition coefficient (Wildman–Crippen LogP) is 1.32. The van der Waals surface area contributed by atoms with Gasteiger partial charge in [0, 0.05) is 38.0 Å². The van der Waals surface area contributed by atoms with Crippen LogP contribution in [-0.4, -0.2) is 42.4 Å². The molecule has 5 nitrogen and oxygen atoms in total. The number of amides is 2. The van der Waals surface area contributed by atoms with Gasteiger partial charge in [-0.25, -0.2) is 0 Å². The van der Waals surface area contributed by atoms with Crippen molar-refractivity contribution in [3.63, 3.8) is 0 Å². The van der Waals surface area contributed by atoms with Crippen molar-refractivity contribution in [2.75, 3.05) is 19.6 Å². The van der Waals surface area contributed by atoms with E-state index in [1.165, 1.54) is 5.56 Å². The summed E-state index contributed by atoms with van der Waals surface area (Å²) in [7, 11) is 0. The highest BCUT2D eigenvalue weighted by Gasteiger charge is 2.24. The third-order valence-corrected chi connectivity index (χ3v) is 4.47. The van der Waals surface area contributed by atoms with Crippen molar-refractivity contribution in [3.8, 4) is 0 Å². The zero-order chi connectivity index (χ0) is 16.7. The summed E-state index contributed by atoms with van der Waals surface area (Å²) >= 11 is 0. The lowest BCUT2D eigenvalue weighted by Gasteiger charge is -2.33. The van der Waals surface area contributed by atoms with Crippen molar-refractivity contribution in [2.24, 2.45) is 11.7 Å². The van der Waals surface area contributed by atoms with Crippen molar-refractivity contribution in [1.82, 2.24) is 10.2 Å². The fraction of sp³-hybridized carbons (Fsp3) is 0.556. The maximum atomic E-state index is 12.3. The summed E-state index contributed by atoms with van der Waals surface area (Å²) in [6.07, 6.45) is 2.97. The molecule has 1 atom stereocenters. The van der Waals surface area contributed by atoms with Crippen LogP contribution in [0.1, 0.15) is 31.7 Å². The molecule has 0 radical (unpaired) electrons. The molecular formula is C18H27N3O2. The van der Waals surface area contributed by atoms with Crippen LogP contribution < -0.4 is 11.1 Å². The number of hydrogen-bond acceptors (Lipinski definition) is 3. The summed E-state index contributed by atoms with van der Waals surface area (Å²) < 4.78 is 0. The fourth-order valence-corrected chi connectivity index (χ4v) is 2.78. The lowest BCUT2D eigenvalue weighted by atomic mass is 10.0. The van der Waals surface area contributed by atoms with Gasteiger partial charge in [-0.3, -0.25) is 9.59 Å². The molecule has 1 unspecified atom stereocenters. The molecule has 1 aliphatic heterocycles. The number of carbonyl (C=O) groups is 2. The zero-order valence-corrected chi connectivity index (χ0v) is 13.8. The lowest BCUT2D eigenvalue weighted by molar-refractivity contribution is -0.132. The molecule has 1 aromatic carbocycles. The van der Waals surface area contributed by atoms with E-state index in [0.717, 1.165) is 32.4 Å². The molecule has 1 saturated heterocycles. The number of carbonyl (C=O) groups excluding carboxylic acids is 2. The molecule has 0 spiro atoms. The maximum absolute atomic E-state index is 12.3. The van der Waals surface area contributed by atoms with E-state index in [9.17, 15) is 9.59 Å². The van der Waals surface area contributed by atoms with Gasteiger partial charge in [-0.05, 0) is 24.8 Å². The van der Waals surface area contributed by atoms with Gasteiger partial charge in [0.2, 0.25) is 11.8 Å². The van der Waals surface area contributed by atoms with Crippen LogP contribution in [-0.2, 0) is 16.0 Å². The first-order chi connectivity index (χ1) is 11.1. The third kappa shape index (κ3) is 5.36. The van der Waals surface area contributed by atoms with Crippen molar-refractivity contribution >= 4 is 11.8 Å². The van der Waals surface area contributed by atoms with Gasteiger partial charge in [-0.1, -0.05) is 37.3 Å². The monoisotopic (exact) mass is 317 g/mol. The molecule has 0 bridgehead atoms. The van der Waals surface area contributed by atoms with Gasteiger partial charge in [-0.2, -0.15) is 0 Å². The molecule has 23 heavy (non-hydrogen) atoms. The van der Waals surface area contributed by atoms with Gasteiger partial charge in [0.1, 0.15) is 0 Å². The molecule has 1 fully saturated rings. The molecule has 1 aromatic rings. The summed E-state index contributed by atoms with van der Waals surface area (Å²) in [4.78, 5) is 26.0.